The number of halogens is 1. The molecule has 132 valence electrons. The molecule has 1 aromatic rings. The van der Waals surface area contributed by atoms with Crippen molar-refractivity contribution in [3.05, 3.63) is 28.5 Å². The fourth-order valence-corrected chi connectivity index (χ4v) is 2.79. The van der Waals surface area contributed by atoms with Gasteiger partial charge in [-0.25, -0.2) is 4.79 Å². The Hall–Kier alpha value is -1.63. The van der Waals surface area contributed by atoms with E-state index in [1.807, 2.05) is 39.8 Å². The molecule has 24 heavy (non-hydrogen) atoms. The Morgan fingerprint density at radius 3 is 2.58 bits per heavy atom. The molecule has 0 N–H and O–H groups in total. The van der Waals surface area contributed by atoms with Crippen molar-refractivity contribution < 1.29 is 14.3 Å². The van der Waals surface area contributed by atoms with Crippen LogP contribution in [-0.2, 0) is 16.0 Å². The number of hydrogen-bond donors (Lipinski definition) is 0. The topological polar surface area (TPSA) is 62.7 Å². The number of pyridine rings is 1. The van der Waals surface area contributed by atoms with E-state index in [0.29, 0.717) is 19.6 Å². The number of ether oxygens (including phenoxy) is 1. The Labute approximate surface area is 151 Å². The first-order valence-electron chi connectivity index (χ1n) is 8.03. The molecule has 0 unspecified atom stereocenters. The summed E-state index contributed by atoms with van der Waals surface area (Å²) in [4.78, 5) is 32.4. The van der Waals surface area contributed by atoms with Crippen molar-refractivity contribution in [3.8, 4) is 0 Å². The van der Waals surface area contributed by atoms with Crippen molar-refractivity contribution in [2.24, 2.45) is 0 Å². The van der Waals surface area contributed by atoms with Gasteiger partial charge in [0.15, 0.2) is 0 Å². The minimum atomic E-state index is -0.517. The van der Waals surface area contributed by atoms with E-state index in [4.69, 9.17) is 4.74 Å². The summed E-state index contributed by atoms with van der Waals surface area (Å²) in [5.74, 6) is 0.0283. The van der Waals surface area contributed by atoms with Crippen LogP contribution < -0.4 is 0 Å². The second kappa shape index (κ2) is 7.51. The minimum absolute atomic E-state index is 0.0283. The number of carbonyl (C=O) groups is 2. The summed E-state index contributed by atoms with van der Waals surface area (Å²) in [6, 6.07) is 3.64. The first-order valence-corrected chi connectivity index (χ1v) is 8.83. The molecule has 2 heterocycles. The average Bonchev–Trinajstić information content (AvgIpc) is 2.47. The second-order valence-electron chi connectivity index (χ2n) is 7.01. The standard InChI is InChI=1S/C17H24BrN3O3/c1-12-11-20(7-8-21(12)16(23)24-17(2,3)4)15(22)9-14-6-5-13(18)10-19-14/h5-6,10,12H,7-9,11H2,1-4H3/t12-/m0/s1. The van der Waals surface area contributed by atoms with E-state index in [9.17, 15) is 9.59 Å². The van der Waals surface area contributed by atoms with Gasteiger partial charge in [0.2, 0.25) is 5.91 Å². The van der Waals surface area contributed by atoms with Gasteiger partial charge < -0.3 is 14.5 Å². The molecule has 1 aliphatic heterocycles. The Morgan fingerprint density at radius 1 is 1.33 bits per heavy atom. The molecule has 2 rings (SSSR count). The van der Waals surface area contributed by atoms with Gasteiger partial charge in [0, 0.05) is 42.0 Å². The molecular formula is C17H24BrN3O3. The summed E-state index contributed by atoms with van der Waals surface area (Å²) in [6.07, 6.45) is 1.63. The first-order chi connectivity index (χ1) is 11.2. The SMILES string of the molecule is C[C@H]1CN(C(=O)Cc2ccc(Br)cn2)CCN1C(=O)OC(C)(C)C. The normalized spacial score (nSPS) is 18.5. The van der Waals surface area contributed by atoms with Gasteiger partial charge in [-0.2, -0.15) is 0 Å². The zero-order chi connectivity index (χ0) is 17.9. The van der Waals surface area contributed by atoms with Crippen molar-refractivity contribution in [1.29, 1.82) is 0 Å². The Morgan fingerprint density at radius 2 is 2.04 bits per heavy atom. The van der Waals surface area contributed by atoms with E-state index < -0.39 is 5.60 Å². The van der Waals surface area contributed by atoms with Gasteiger partial charge in [0.05, 0.1) is 6.42 Å². The molecule has 7 heteroatoms. The van der Waals surface area contributed by atoms with Crippen LogP contribution in [0.3, 0.4) is 0 Å². The fourth-order valence-electron chi connectivity index (χ4n) is 2.55. The number of carbonyl (C=O) groups excluding carboxylic acids is 2. The third kappa shape index (κ3) is 5.19. The van der Waals surface area contributed by atoms with Crippen LogP contribution in [0.25, 0.3) is 0 Å². The van der Waals surface area contributed by atoms with Crippen molar-refractivity contribution >= 4 is 27.9 Å². The minimum Gasteiger partial charge on any atom is -0.444 e. The van der Waals surface area contributed by atoms with Crippen LogP contribution in [0.1, 0.15) is 33.4 Å². The molecule has 1 atom stereocenters. The van der Waals surface area contributed by atoms with Gasteiger partial charge in [-0.15, -0.1) is 0 Å². The van der Waals surface area contributed by atoms with Gasteiger partial charge in [-0.05, 0) is 55.8 Å². The Balaban J connectivity index is 1.91. The van der Waals surface area contributed by atoms with Gasteiger partial charge in [0.1, 0.15) is 5.60 Å². The van der Waals surface area contributed by atoms with Crippen LogP contribution in [0.5, 0.6) is 0 Å². The Bertz CT molecular complexity index is 598. The molecule has 1 fully saturated rings. The molecule has 0 aromatic carbocycles. The van der Waals surface area contributed by atoms with Gasteiger partial charge >= 0.3 is 6.09 Å². The van der Waals surface area contributed by atoms with Crippen molar-refractivity contribution in [2.75, 3.05) is 19.6 Å². The number of hydrogen-bond acceptors (Lipinski definition) is 4. The van der Waals surface area contributed by atoms with E-state index in [2.05, 4.69) is 20.9 Å². The third-order valence-corrected chi connectivity index (χ3v) is 4.20. The molecule has 0 aliphatic carbocycles. The van der Waals surface area contributed by atoms with E-state index >= 15 is 0 Å². The lowest BCUT2D eigenvalue weighted by molar-refractivity contribution is -0.133. The van der Waals surface area contributed by atoms with Crippen molar-refractivity contribution in [2.45, 2.75) is 45.8 Å². The molecule has 2 amide bonds. The number of nitrogens with zero attached hydrogens (tertiary/aromatic N) is 3. The lowest BCUT2D eigenvalue weighted by Gasteiger charge is -2.40. The average molecular weight is 398 g/mol. The summed E-state index contributed by atoms with van der Waals surface area (Å²) in [7, 11) is 0. The van der Waals surface area contributed by atoms with Crippen LogP contribution in [0.4, 0.5) is 4.79 Å². The number of piperazine rings is 1. The molecule has 6 nitrogen and oxygen atoms in total. The lowest BCUT2D eigenvalue weighted by atomic mass is 10.1. The summed E-state index contributed by atoms with van der Waals surface area (Å²) in [6.45, 7) is 8.98. The highest BCUT2D eigenvalue weighted by Crippen LogP contribution is 2.16. The van der Waals surface area contributed by atoms with Gasteiger partial charge in [0.25, 0.3) is 0 Å². The zero-order valence-electron chi connectivity index (χ0n) is 14.6. The molecule has 0 saturated carbocycles. The van der Waals surface area contributed by atoms with Crippen LogP contribution in [0.15, 0.2) is 22.8 Å². The van der Waals surface area contributed by atoms with Gasteiger partial charge in [-0.1, -0.05) is 0 Å². The van der Waals surface area contributed by atoms with Crippen LogP contribution in [-0.4, -0.2) is 58.1 Å². The summed E-state index contributed by atoms with van der Waals surface area (Å²) >= 11 is 3.33. The first kappa shape index (κ1) is 18.7. The lowest BCUT2D eigenvalue weighted by Crippen LogP contribution is -2.56. The fraction of sp³-hybridized carbons (Fsp3) is 0.588. The molecular weight excluding hydrogens is 374 g/mol. The van der Waals surface area contributed by atoms with Crippen LogP contribution >= 0.6 is 15.9 Å². The smallest absolute Gasteiger partial charge is 0.410 e. The van der Waals surface area contributed by atoms with E-state index in [1.165, 1.54) is 0 Å². The van der Waals surface area contributed by atoms with Crippen molar-refractivity contribution in [1.82, 2.24) is 14.8 Å². The number of rotatable bonds is 2. The predicted molar refractivity (Wildman–Crippen MR) is 94.6 cm³/mol. The molecule has 1 aromatic heterocycles. The van der Waals surface area contributed by atoms with E-state index in [1.54, 1.807) is 16.0 Å². The highest BCUT2D eigenvalue weighted by atomic mass is 79.9. The number of amides is 2. The highest BCUT2D eigenvalue weighted by Gasteiger charge is 2.32. The summed E-state index contributed by atoms with van der Waals surface area (Å²) in [5.41, 5.74) is 0.224. The monoisotopic (exact) mass is 397 g/mol. The maximum atomic E-state index is 12.4. The molecule has 0 bridgehead atoms. The maximum absolute atomic E-state index is 12.4. The van der Waals surface area contributed by atoms with E-state index in [-0.39, 0.29) is 24.5 Å². The summed E-state index contributed by atoms with van der Waals surface area (Å²) in [5, 5.41) is 0. The molecule has 1 aliphatic rings. The third-order valence-electron chi connectivity index (χ3n) is 3.73. The molecule has 0 spiro atoms. The van der Waals surface area contributed by atoms with Crippen LogP contribution in [0.2, 0.25) is 0 Å². The molecule has 1 saturated heterocycles. The second-order valence-corrected chi connectivity index (χ2v) is 7.92. The largest absolute Gasteiger partial charge is 0.444 e. The van der Waals surface area contributed by atoms with Gasteiger partial charge in [-0.3, -0.25) is 9.78 Å². The van der Waals surface area contributed by atoms with Crippen molar-refractivity contribution in [3.63, 3.8) is 0 Å². The highest BCUT2D eigenvalue weighted by molar-refractivity contribution is 9.10. The number of aromatic nitrogens is 1. The quantitative estimate of drug-likeness (QED) is 0.769. The predicted octanol–water partition coefficient (Wildman–Crippen LogP) is 2.85. The zero-order valence-corrected chi connectivity index (χ0v) is 16.2. The molecule has 0 radical (unpaired) electrons. The summed E-state index contributed by atoms with van der Waals surface area (Å²) < 4.78 is 6.31. The maximum Gasteiger partial charge on any atom is 0.410 e. The van der Waals surface area contributed by atoms with E-state index in [0.717, 1.165) is 10.2 Å². The Kier molecular flexibility index (Phi) is 5.85. The van der Waals surface area contributed by atoms with Crippen LogP contribution in [0, 0.1) is 0 Å².